The molecule has 0 unspecified atom stereocenters. The quantitative estimate of drug-likeness (QED) is 0.558. The Morgan fingerprint density at radius 2 is 1.52 bits per heavy atom. The maximum atomic E-state index is 10.7. The topological polar surface area (TPSA) is 50.2 Å². The van der Waals surface area contributed by atoms with E-state index >= 15 is 0 Å². The summed E-state index contributed by atoms with van der Waals surface area (Å²) in [6.45, 7) is 3.78. The number of hydrogen-bond acceptors (Lipinski definition) is 5. The van der Waals surface area contributed by atoms with Crippen molar-refractivity contribution in [3.8, 4) is 11.1 Å². The van der Waals surface area contributed by atoms with Gasteiger partial charge in [0, 0.05) is 26.2 Å². The zero-order valence-electron chi connectivity index (χ0n) is 19.4. The van der Waals surface area contributed by atoms with Gasteiger partial charge in [0.2, 0.25) is 0 Å². The van der Waals surface area contributed by atoms with E-state index in [1.54, 1.807) is 0 Å². The molecule has 0 amide bonds. The van der Waals surface area contributed by atoms with Gasteiger partial charge in [-0.25, -0.2) is 0 Å². The second-order valence-electron chi connectivity index (χ2n) is 9.55. The summed E-state index contributed by atoms with van der Waals surface area (Å²) in [6, 6.07) is 17.1. The molecule has 5 nitrogen and oxygen atoms in total. The summed E-state index contributed by atoms with van der Waals surface area (Å²) in [6.07, 6.45) is 4.82. The van der Waals surface area contributed by atoms with Crippen molar-refractivity contribution in [2.24, 2.45) is 0 Å². The number of rotatable bonds is 10. The van der Waals surface area contributed by atoms with E-state index in [1.807, 2.05) is 12.1 Å². The molecular weight excluding hydrogens is 386 g/mol. The third kappa shape index (κ3) is 7.70. The molecular formula is C26H39N3O2. The molecule has 0 aromatic heterocycles. The molecule has 0 radical (unpaired) electrons. The van der Waals surface area contributed by atoms with E-state index in [2.05, 4.69) is 67.3 Å². The molecule has 0 saturated heterocycles. The summed E-state index contributed by atoms with van der Waals surface area (Å²) in [5, 5.41) is 22.4. The third-order valence-corrected chi connectivity index (χ3v) is 6.22. The van der Waals surface area contributed by atoms with Crippen molar-refractivity contribution in [2.45, 2.75) is 50.8 Å². The van der Waals surface area contributed by atoms with E-state index in [0.717, 1.165) is 56.4 Å². The average molecular weight is 426 g/mol. The highest BCUT2D eigenvalue weighted by Gasteiger charge is 2.31. The molecule has 1 saturated carbocycles. The fourth-order valence-corrected chi connectivity index (χ4v) is 4.39. The lowest BCUT2D eigenvalue weighted by atomic mass is 9.85. The zero-order valence-corrected chi connectivity index (χ0v) is 19.4. The largest absolute Gasteiger partial charge is 0.388 e. The van der Waals surface area contributed by atoms with E-state index in [0.29, 0.717) is 13.1 Å². The van der Waals surface area contributed by atoms with Gasteiger partial charge < -0.3 is 20.1 Å². The predicted octanol–water partition coefficient (Wildman–Crippen LogP) is 4.23. The zero-order chi connectivity index (χ0) is 22.3. The van der Waals surface area contributed by atoms with Gasteiger partial charge in [-0.15, -0.1) is 0 Å². The molecule has 2 aromatic carbocycles. The first-order valence-electron chi connectivity index (χ1n) is 11.5. The normalized spacial score (nSPS) is 16.4. The van der Waals surface area contributed by atoms with E-state index in [1.165, 1.54) is 22.6 Å². The van der Waals surface area contributed by atoms with Crippen molar-refractivity contribution in [2.75, 3.05) is 40.8 Å². The number of likely N-dealkylation sites (N-methyl/N-ethyl adjacent to an activating group) is 2. The van der Waals surface area contributed by atoms with Crippen LogP contribution in [0.1, 0.15) is 43.2 Å². The minimum atomic E-state index is -0.750. The number of hydrogen-bond donors (Lipinski definition) is 2. The van der Waals surface area contributed by atoms with E-state index < -0.39 is 5.60 Å². The first-order valence-corrected chi connectivity index (χ1v) is 11.5. The van der Waals surface area contributed by atoms with Gasteiger partial charge in [-0.2, -0.15) is 5.06 Å². The van der Waals surface area contributed by atoms with Crippen LogP contribution in [-0.2, 0) is 13.1 Å². The number of benzene rings is 2. The van der Waals surface area contributed by atoms with Gasteiger partial charge in [-0.3, -0.25) is 0 Å². The maximum absolute atomic E-state index is 10.7. The number of aliphatic hydroxyl groups is 1. The van der Waals surface area contributed by atoms with Gasteiger partial charge in [0.1, 0.15) is 0 Å². The highest BCUT2D eigenvalue weighted by atomic mass is 16.5. The predicted molar refractivity (Wildman–Crippen MR) is 127 cm³/mol. The standard InChI is InChI=1S/C26H39N3O2/c1-27(2)16-17-28(3)19-22-10-12-24(13-11-22)25-9-7-8-23(18-25)20-29(31)21-26(30)14-5-4-6-15-26/h7-13,18,30-31H,4-6,14-17,19-21H2,1-3H3. The average Bonchev–Trinajstić information content (AvgIpc) is 2.73. The highest BCUT2D eigenvalue weighted by Crippen LogP contribution is 2.29. The molecule has 170 valence electrons. The summed E-state index contributed by atoms with van der Waals surface area (Å²) >= 11 is 0. The number of nitrogens with zero attached hydrogens (tertiary/aromatic N) is 3. The lowest BCUT2D eigenvalue weighted by molar-refractivity contribution is -0.154. The van der Waals surface area contributed by atoms with E-state index in [4.69, 9.17) is 0 Å². The van der Waals surface area contributed by atoms with Crippen LogP contribution >= 0.6 is 0 Å². The lowest BCUT2D eigenvalue weighted by Gasteiger charge is -2.34. The van der Waals surface area contributed by atoms with E-state index in [9.17, 15) is 10.3 Å². The molecule has 1 fully saturated rings. The van der Waals surface area contributed by atoms with E-state index in [-0.39, 0.29) is 0 Å². The Labute approximate surface area is 187 Å². The monoisotopic (exact) mass is 425 g/mol. The van der Waals surface area contributed by atoms with Crippen LogP contribution in [0.2, 0.25) is 0 Å². The SMILES string of the molecule is CN(C)CCN(C)Cc1ccc(-c2cccc(CN(O)CC3(O)CCCCC3)c2)cc1. The van der Waals surface area contributed by atoms with Crippen molar-refractivity contribution >= 4 is 0 Å². The van der Waals surface area contributed by atoms with Crippen molar-refractivity contribution in [3.63, 3.8) is 0 Å². The van der Waals surface area contributed by atoms with Crippen LogP contribution in [0.25, 0.3) is 11.1 Å². The van der Waals surface area contributed by atoms with Crippen molar-refractivity contribution in [3.05, 3.63) is 59.7 Å². The summed E-state index contributed by atoms with van der Waals surface area (Å²) in [4.78, 5) is 4.54. The first kappa shape index (κ1) is 23.9. The van der Waals surface area contributed by atoms with Crippen LogP contribution < -0.4 is 0 Å². The van der Waals surface area contributed by atoms with Gasteiger partial charge in [-0.1, -0.05) is 61.7 Å². The molecule has 1 aliphatic rings. The lowest BCUT2D eigenvalue weighted by Crippen LogP contribution is -2.42. The van der Waals surface area contributed by atoms with Gasteiger partial charge in [-0.05, 0) is 62.3 Å². The van der Waals surface area contributed by atoms with Gasteiger partial charge >= 0.3 is 0 Å². The highest BCUT2D eigenvalue weighted by molar-refractivity contribution is 5.64. The fourth-order valence-electron chi connectivity index (χ4n) is 4.39. The van der Waals surface area contributed by atoms with Gasteiger partial charge in [0.15, 0.2) is 0 Å². The molecule has 0 atom stereocenters. The summed E-state index contributed by atoms with van der Waals surface area (Å²) in [7, 11) is 6.36. The Balaban J connectivity index is 1.58. The second kappa shape index (κ2) is 11.2. The Morgan fingerprint density at radius 1 is 0.806 bits per heavy atom. The molecule has 3 rings (SSSR count). The third-order valence-electron chi connectivity index (χ3n) is 6.22. The second-order valence-corrected chi connectivity index (χ2v) is 9.55. The molecule has 0 aliphatic heterocycles. The fraction of sp³-hybridized carbons (Fsp3) is 0.538. The molecule has 0 spiro atoms. The van der Waals surface area contributed by atoms with Crippen LogP contribution in [0.4, 0.5) is 0 Å². The summed E-state index contributed by atoms with van der Waals surface area (Å²) in [5.41, 5.74) is 3.93. The van der Waals surface area contributed by atoms with Crippen LogP contribution in [0.15, 0.2) is 48.5 Å². The molecule has 31 heavy (non-hydrogen) atoms. The number of hydroxylamine groups is 2. The molecule has 0 bridgehead atoms. The molecule has 1 aliphatic carbocycles. The van der Waals surface area contributed by atoms with Crippen molar-refractivity contribution < 1.29 is 10.3 Å². The molecule has 2 aromatic rings. The Hall–Kier alpha value is -1.76. The summed E-state index contributed by atoms with van der Waals surface area (Å²) in [5.74, 6) is 0. The first-order chi connectivity index (χ1) is 14.8. The smallest absolute Gasteiger partial charge is 0.0797 e. The Morgan fingerprint density at radius 3 is 2.19 bits per heavy atom. The summed E-state index contributed by atoms with van der Waals surface area (Å²) < 4.78 is 0. The van der Waals surface area contributed by atoms with Crippen LogP contribution in [-0.4, -0.2) is 71.6 Å². The minimum absolute atomic E-state index is 0.313. The molecule has 5 heteroatoms. The van der Waals surface area contributed by atoms with Crippen LogP contribution in [0, 0.1) is 0 Å². The molecule has 0 heterocycles. The van der Waals surface area contributed by atoms with Crippen LogP contribution in [0.3, 0.4) is 0 Å². The maximum Gasteiger partial charge on any atom is 0.0797 e. The van der Waals surface area contributed by atoms with Gasteiger partial charge in [0.25, 0.3) is 0 Å². The van der Waals surface area contributed by atoms with Crippen molar-refractivity contribution in [1.82, 2.24) is 14.9 Å². The van der Waals surface area contributed by atoms with Gasteiger partial charge in [0.05, 0.1) is 12.1 Å². The van der Waals surface area contributed by atoms with Crippen LogP contribution in [0.5, 0.6) is 0 Å². The minimum Gasteiger partial charge on any atom is -0.388 e. The molecule has 2 N–H and O–H groups in total. The Kier molecular flexibility index (Phi) is 8.64. The van der Waals surface area contributed by atoms with Crippen molar-refractivity contribution in [1.29, 1.82) is 0 Å². The Bertz CT molecular complexity index is 801.